The lowest BCUT2D eigenvalue weighted by Crippen LogP contribution is -2.17. The SMILES string of the molecule is CC(N)Cc1cc(F)cc(OCCn2ccnc2)c1. The second kappa shape index (κ2) is 6.33. The molecule has 2 N–H and O–H groups in total. The minimum absolute atomic E-state index is 0.000554. The van der Waals surface area contributed by atoms with Crippen molar-refractivity contribution in [2.75, 3.05) is 6.61 Å². The average Bonchev–Trinajstić information content (AvgIpc) is 2.80. The van der Waals surface area contributed by atoms with Crippen molar-refractivity contribution in [3.8, 4) is 5.75 Å². The molecule has 2 rings (SSSR count). The van der Waals surface area contributed by atoms with Crippen LogP contribution >= 0.6 is 0 Å². The Morgan fingerprint density at radius 1 is 1.42 bits per heavy atom. The first kappa shape index (κ1) is 13.5. The fraction of sp³-hybridized carbons (Fsp3) is 0.357. The van der Waals surface area contributed by atoms with Crippen LogP contribution in [0.5, 0.6) is 5.75 Å². The van der Waals surface area contributed by atoms with Crippen LogP contribution in [0.4, 0.5) is 4.39 Å². The molecule has 0 spiro atoms. The third-order valence-corrected chi connectivity index (χ3v) is 2.67. The molecule has 0 radical (unpaired) electrons. The summed E-state index contributed by atoms with van der Waals surface area (Å²) in [6, 6.07) is 4.71. The monoisotopic (exact) mass is 263 g/mol. The van der Waals surface area contributed by atoms with Gasteiger partial charge in [0.15, 0.2) is 0 Å². The normalized spacial score (nSPS) is 12.4. The molecule has 1 aromatic carbocycles. The number of hydrogen-bond acceptors (Lipinski definition) is 3. The molecule has 1 aromatic heterocycles. The van der Waals surface area contributed by atoms with E-state index in [1.54, 1.807) is 12.5 Å². The Balaban J connectivity index is 1.93. The van der Waals surface area contributed by atoms with Crippen LogP contribution in [0.25, 0.3) is 0 Å². The molecular weight excluding hydrogens is 245 g/mol. The first-order valence-corrected chi connectivity index (χ1v) is 6.27. The molecule has 0 bridgehead atoms. The van der Waals surface area contributed by atoms with Crippen LogP contribution in [0.2, 0.25) is 0 Å². The molecule has 0 saturated heterocycles. The number of benzene rings is 1. The lowest BCUT2D eigenvalue weighted by molar-refractivity contribution is 0.296. The van der Waals surface area contributed by atoms with Crippen LogP contribution in [0, 0.1) is 5.82 Å². The molecule has 0 aliphatic carbocycles. The molecule has 2 aromatic rings. The minimum atomic E-state index is -0.296. The van der Waals surface area contributed by atoms with Crippen molar-refractivity contribution in [1.29, 1.82) is 0 Å². The third-order valence-electron chi connectivity index (χ3n) is 2.67. The van der Waals surface area contributed by atoms with Gasteiger partial charge in [0.05, 0.1) is 12.9 Å². The summed E-state index contributed by atoms with van der Waals surface area (Å²) in [7, 11) is 0. The summed E-state index contributed by atoms with van der Waals surface area (Å²) in [4.78, 5) is 3.94. The van der Waals surface area contributed by atoms with E-state index in [4.69, 9.17) is 10.5 Å². The summed E-state index contributed by atoms with van der Waals surface area (Å²) < 4.78 is 20.9. The first-order chi connectivity index (χ1) is 9.13. The predicted molar refractivity (Wildman–Crippen MR) is 71.5 cm³/mol. The van der Waals surface area contributed by atoms with Gasteiger partial charge in [-0.3, -0.25) is 0 Å². The summed E-state index contributed by atoms with van der Waals surface area (Å²) in [5.41, 5.74) is 6.57. The van der Waals surface area contributed by atoms with Crippen LogP contribution in [-0.2, 0) is 13.0 Å². The van der Waals surface area contributed by atoms with Crippen molar-refractivity contribution in [2.24, 2.45) is 5.73 Å². The summed E-state index contributed by atoms with van der Waals surface area (Å²) in [5.74, 6) is 0.242. The Kier molecular flexibility index (Phi) is 4.52. The van der Waals surface area contributed by atoms with E-state index in [9.17, 15) is 4.39 Å². The van der Waals surface area contributed by atoms with Crippen LogP contribution in [-0.4, -0.2) is 22.2 Å². The second-order valence-electron chi connectivity index (χ2n) is 4.63. The molecule has 0 saturated carbocycles. The summed E-state index contributed by atoms with van der Waals surface area (Å²) in [5, 5.41) is 0. The van der Waals surface area contributed by atoms with Gasteiger partial charge in [-0.05, 0) is 31.0 Å². The number of imidazole rings is 1. The fourth-order valence-corrected chi connectivity index (χ4v) is 1.88. The predicted octanol–water partition coefficient (Wildman–Crippen LogP) is 1.99. The molecule has 102 valence electrons. The highest BCUT2D eigenvalue weighted by Gasteiger charge is 2.04. The van der Waals surface area contributed by atoms with E-state index in [0.717, 1.165) is 5.56 Å². The quantitative estimate of drug-likeness (QED) is 0.867. The van der Waals surface area contributed by atoms with E-state index < -0.39 is 0 Å². The highest BCUT2D eigenvalue weighted by atomic mass is 19.1. The molecule has 0 amide bonds. The standard InChI is InChI=1S/C14H18FN3O/c1-11(16)6-12-7-13(15)9-14(8-12)19-5-4-18-3-2-17-10-18/h2-3,7-11H,4-6,16H2,1H3. The third kappa shape index (κ3) is 4.37. The van der Waals surface area contributed by atoms with Gasteiger partial charge in [-0.15, -0.1) is 0 Å². The van der Waals surface area contributed by atoms with Crippen LogP contribution in [0.3, 0.4) is 0 Å². The lowest BCUT2D eigenvalue weighted by atomic mass is 10.1. The molecule has 0 fully saturated rings. The van der Waals surface area contributed by atoms with Gasteiger partial charge in [0.2, 0.25) is 0 Å². The number of nitrogens with two attached hydrogens (primary N) is 1. The zero-order chi connectivity index (χ0) is 13.7. The Morgan fingerprint density at radius 2 is 2.26 bits per heavy atom. The highest BCUT2D eigenvalue weighted by molar-refractivity contribution is 5.30. The molecular formula is C14H18FN3O. The second-order valence-corrected chi connectivity index (χ2v) is 4.63. The van der Waals surface area contributed by atoms with Crippen LogP contribution in [0.1, 0.15) is 12.5 Å². The summed E-state index contributed by atoms with van der Waals surface area (Å²) in [6.45, 7) is 3.04. The number of ether oxygens (including phenoxy) is 1. The topological polar surface area (TPSA) is 53.1 Å². The summed E-state index contributed by atoms with van der Waals surface area (Å²) in [6.07, 6.45) is 5.92. The average molecular weight is 263 g/mol. The molecule has 1 atom stereocenters. The Morgan fingerprint density at radius 3 is 2.95 bits per heavy atom. The molecule has 19 heavy (non-hydrogen) atoms. The van der Waals surface area contributed by atoms with Crippen molar-refractivity contribution in [1.82, 2.24) is 9.55 Å². The Labute approximate surface area is 112 Å². The minimum Gasteiger partial charge on any atom is -0.492 e. The summed E-state index contributed by atoms with van der Waals surface area (Å²) >= 11 is 0. The van der Waals surface area contributed by atoms with Gasteiger partial charge in [-0.2, -0.15) is 0 Å². The van der Waals surface area contributed by atoms with Gasteiger partial charge in [-0.1, -0.05) is 0 Å². The van der Waals surface area contributed by atoms with Gasteiger partial charge < -0.3 is 15.0 Å². The number of rotatable bonds is 6. The van der Waals surface area contributed by atoms with Crippen molar-refractivity contribution < 1.29 is 9.13 Å². The van der Waals surface area contributed by atoms with E-state index in [2.05, 4.69) is 4.98 Å². The Bertz CT molecular complexity index is 511. The zero-order valence-electron chi connectivity index (χ0n) is 10.9. The van der Waals surface area contributed by atoms with Gasteiger partial charge >= 0.3 is 0 Å². The van der Waals surface area contributed by atoms with E-state index >= 15 is 0 Å². The maximum Gasteiger partial charge on any atom is 0.127 e. The van der Waals surface area contributed by atoms with E-state index in [0.29, 0.717) is 25.3 Å². The molecule has 1 unspecified atom stereocenters. The maximum absolute atomic E-state index is 13.4. The van der Waals surface area contributed by atoms with Crippen molar-refractivity contribution in [3.63, 3.8) is 0 Å². The smallest absolute Gasteiger partial charge is 0.127 e. The van der Waals surface area contributed by atoms with Crippen molar-refractivity contribution >= 4 is 0 Å². The lowest BCUT2D eigenvalue weighted by Gasteiger charge is -2.10. The molecule has 0 aliphatic rings. The zero-order valence-corrected chi connectivity index (χ0v) is 10.9. The largest absolute Gasteiger partial charge is 0.492 e. The number of nitrogens with zero attached hydrogens (tertiary/aromatic N) is 2. The van der Waals surface area contributed by atoms with Gasteiger partial charge in [-0.25, -0.2) is 9.37 Å². The van der Waals surface area contributed by atoms with Crippen LogP contribution in [0.15, 0.2) is 36.9 Å². The number of halogens is 1. The number of hydrogen-bond donors (Lipinski definition) is 1. The van der Waals surface area contributed by atoms with Crippen molar-refractivity contribution in [2.45, 2.75) is 25.9 Å². The van der Waals surface area contributed by atoms with Gasteiger partial charge in [0.1, 0.15) is 18.2 Å². The molecule has 4 nitrogen and oxygen atoms in total. The first-order valence-electron chi connectivity index (χ1n) is 6.27. The van der Waals surface area contributed by atoms with E-state index in [-0.39, 0.29) is 11.9 Å². The van der Waals surface area contributed by atoms with Gasteiger partial charge in [0, 0.05) is 24.5 Å². The molecule has 5 heteroatoms. The van der Waals surface area contributed by atoms with Crippen LogP contribution < -0.4 is 10.5 Å². The molecule has 0 aliphatic heterocycles. The van der Waals surface area contributed by atoms with Crippen molar-refractivity contribution in [3.05, 3.63) is 48.3 Å². The van der Waals surface area contributed by atoms with E-state index in [1.165, 1.54) is 12.1 Å². The molecule has 1 heterocycles. The van der Waals surface area contributed by atoms with E-state index in [1.807, 2.05) is 23.8 Å². The fourth-order valence-electron chi connectivity index (χ4n) is 1.88. The Hall–Kier alpha value is -1.88. The maximum atomic E-state index is 13.4. The van der Waals surface area contributed by atoms with Gasteiger partial charge in [0.25, 0.3) is 0 Å². The number of aromatic nitrogens is 2. The highest BCUT2D eigenvalue weighted by Crippen LogP contribution is 2.17.